The Kier molecular flexibility index (Phi) is 8.33. The van der Waals surface area contributed by atoms with Crippen molar-refractivity contribution in [2.45, 2.75) is 149 Å². The predicted molar refractivity (Wildman–Crippen MR) is 168 cm³/mol. The van der Waals surface area contributed by atoms with Gasteiger partial charge in [0.25, 0.3) is 0 Å². The van der Waals surface area contributed by atoms with Gasteiger partial charge >= 0.3 is 0 Å². The number of hydrogen-bond donors (Lipinski definition) is 7. The van der Waals surface area contributed by atoms with Crippen LogP contribution in [0.4, 0.5) is 0 Å². The van der Waals surface area contributed by atoms with E-state index in [1.54, 1.807) is 6.92 Å². The molecule has 6 aliphatic rings. The molecule has 0 aromatic carbocycles. The van der Waals surface area contributed by atoms with Gasteiger partial charge in [0.1, 0.15) is 18.3 Å². The van der Waals surface area contributed by atoms with Crippen LogP contribution >= 0.6 is 0 Å². The molecule has 4 saturated carbocycles. The molecular formula is C36H60O9. The van der Waals surface area contributed by atoms with Crippen LogP contribution < -0.4 is 0 Å². The lowest BCUT2D eigenvalue weighted by atomic mass is 9.33. The minimum absolute atomic E-state index is 0.00276. The molecule has 45 heavy (non-hydrogen) atoms. The van der Waals surface area contributed by atoms with Crippen molar-refractivity contribution in [3.05, 3.63) is 11.6 Å². The Morgan fingerprint density at radius 3 is 2.16 bits per heavy atom. The number of fused-ring (bicyclic) bond motifs is 7. The largest absolute Gasteiger partial charge is 0.396 e. The first-order valence-electron chi connectivity index (χ1n) is 17.5. The van der Waals surface area contributed by atoms with E-state index in [1.165, 1.54) is 5.57 Å². The Morgan fingerprint density at radius 2 is 1.51 bits per heavy atom. The average molecular weight is 637 g/mol. The van der Waals surface area contributed by atoms with Gasteiger partial charge in [-0.1, -0.05) is 53.2 Å². The Morgan fingerprint density at radius 1 is 0.822 bits per heavy atom. The average Bonchev–Trinajstić information content (AvgIpc) is 2.97. The van der Waals surface area contributed by atoms with Gasteiger partial charge in [0.15, 0.2) is 6.29 Å². The minimum Gasteiger partial charge on any atom is -0.396 e. The van der Waals surface area contributed by atoms with Gasteiger partial charge in [-0.25, -0.2) is 0 Å². The van der Waals surface area contributed by atoms with E-state index in [1.807, 2.05) is 6.92 Å². The van der Waals surface area contributed by atoms with Gasteiger partial charge in [-0.15, -0.1) is 0 Å². The predicted octanol–water partition coefficient (Wildman–Crippen LogP) is 2.91. The molecule has 258 valence electrons. The SMILES string of the molecule is C[C@H]1O[C@@H](O[C@H]2CC[C@@]3(C)[C@@H](CC[C@]4(C)[C@@H]3[C@H](O)C=C3[C@@H]5CC(C)(C)CC[C@]5(CO)[C@@H](O)C[C@]34C)[C@]2(C)CO)[C@H](O)[C@@H](O)[C@H]1O. The van der Waals surface area contributed by atoms with Crippen molar-refractivity contribution in [2.75, 3.05) is 13.2 Å². The van der Waals surface area contributed by atoms with Crippen LogP contribution in [-0.4, -0.2) is 98.0 Å². The van der Waals surface area contributed by atoms with E-state index >= 15 is 0 Å². The lowest BCUT2D eigenvalue weighted by Gasteiger charge is -2.72. The van der Waals surface area contributed by atoms with Crippen molar-refractivity contribution in [1.29, 1.82) is 0 Å². The summed E-state index contributed by atoms with van der Waals surface area (Å²) in [6, 6.07) is 0. The minimum atomic E-state index is -1.42. The summed E-state index contributed by atoms with van der Waals surface area (Å²) in [6.07, 6.45) is 0.513. The van der Waals surface area contributed by atoms with E-state index in [0.717, 1.165) is 38.5 Å². The van der Waals surface area contributed by atoms with Crippen molar-refractivity contribution in [1.82, 2.24) is 0 Å². The van der Waals surface area contributed by atoms with Crippen molar-refractivity contribution in [3.8, 4) is 0 Å². The van der Waals surface area contributed by atoms with Gasteiger partial charge in [0.05, 0.1) is 37.6 Å². The maximum atomic E-state index is 12.3. The summed E-state index contributed by atoms with van der Waals surface area (Å²) >= 11 is 0. The third-order valence-electron chi connectivity index (χ3n) is 15.3. The second kappa shape index (κ2) is 10.9. The topological polar surface area (TPSA) is 160 Å². The number of rotatable bonds is 4. The zero-order valence-corrected chi connectivity index (χ0v) is 28.4. The molecule has 0 spiro atoms. The van der Waals surface area contributed by atoms with E-state index in [4.69, 9.17) is 9.47 Å². The highest BCUT2D eigenvalue weighted by Gasteiger charge is 2.72. The summed E-state index contributed by atoms with van der Waals surface area (Å²) in [5, 5.41) is 77.3. The fourth-order valence-corrected chi connectivity index (χ4v) is 12.3. The Hall–Kier alpha value is -0.620. The van der Waals surface area contributed by atoms with Gasteiger partial charge in [-0.05, 0) is 91.8 Å². The van der Waals surface area contributed by atoms with E-state index < -0.39 is 59.8 Å². The first kappa shape index (κ1) is 34.3. The fourth-order valence-electron chi connectivity index (χ4n) is 12.3. The van der Waals surface area contributed by atoms with Crippen LogP contribution in [0, 0.1) is 50.2 Å². The first-order valence-corrected chi connectivity index (χ1v) is 17.5. The quantitative estimate of drug-likeness (QED) is 0.182. The number of hydrogen-bond acceptors (Lipinski definition) is 9. The highest BCUT2D eigenvalue weighted by atomic mass is 16.7. The van der Waals surface area contributed by atoms with Crippen molar-refractivity contribution in [2.24, 2.45) is 50.2 Å². The van der Waals surface area contributed by atoms with E-state index in [2.05, 4.69) is 40.7 Å². The Labute approximate surface area is 269 Å². The van der Waals surface area contributed by atoms with Gasteiger partial charge in [-0.2, -0.15) is 0 Å². The fraction of sp³-hybridized carbons (Fsp3) is 0.944. The van der Waals surface area contributed by atoms with Crippen LogP contribution in [0.5, 0.6) is 0 Å². The molecule has 0 radical (unpaired) electrons. The molecule has 5 fully saturated rings. The maximum absolute atomic E-state index is 12.3. The van der Waals surface area contributed by atoms with Gasteiger partial charge in [0, 0.05) is 16.7 Å². The van der Waals surface area contributed by atoms with Crippen molar-refractivity contribution < 1.29 is 45.2 Å². The van der Waals surface area contributed by atoms with Gasteiger partial charge in [0.2, 0.25) is 0 Å². The highest BCUT2D eigenvalue weighted by molar-refractivity contribution is 5.37. The molecule has 0 unspecified atom stereocenters. The molecule has 0 amide bonds. The molecule has 16 atom stereocenters. The molecule has 0 bridgehead atoms. The number of allylic oxidation sites excluding steroid dienone is 1. The zero-order chi connectivity index (χ0) is 33.1. The number of aliphatic hydroxyl groups excluding tert-OH is 7. The molecule has 5 aliphatic carbocycles. The summed E-state index contributed by atoms with van der Waals surface area (Å²) in [5.74, 6) is -0.126. The lowest BCUT2D eigenvalue weighted by molar-refractivity contribution is -0.329. The molecule has 0 aromatic rings. The molecule has 7 N–H and O–H groups in total. The molecule has 1 heterocycles. The third kappa shape index (κ3) is 4.58. The number of ether oxygens (including phenoxy) is 2. The van der Waals surface area contributed by atoms with E-state index in [0.29, 0.717) is 12.8 Å². The van der Waals surface area contributed by atoms with Crippen molar-refractivity contribution in [3.63, 3.8) is 0 Å². The molecule has 1 aliphatic heterocycles. The summed E-state index contributed by atoms with van der Waals surface area (Å²) in [6.45, 7) is 14.9. The van der Waals surface area contributed by atoms with Crippen molar-refractivity contribution >= 4 is 0 Å². The second-order valence-corrected chi connectivity index (χ2v) is 18.0. The molecule has 9 heteroatoms. The maximum Gasteiger partial charge on any atom is 0.186 e. The smallest absolute Gasteiger partial charge is 0.186 e. The molecular weight excluding hydrogens is 576 g/mol. The zero-order valence-electron chi connectivity index (χ0n) is 28.4. The van der Waals surface area contributed by atoms with E-state index in [9.17, 15) is 35.7 Å². The van der Waals surface area contributed by atoms with Crippen LogP contribution in [0.1, 0.15) is 99.8 Å². The third-order valence-corrected chi connectivity index (χ3v) is 15.3. The van der Waals surface area contributed by atoms with Gasteiger partial charge in [-0.3, -0.25) is 0 Å². The van der Waals surface area contributed by atoms with Crippen LogP contribution in [0.3, 0.4) is 0 Å². The molecule has 6 rings (SSSR count). The summed E-state index contributed by atoms with van der Waals surface area (Å²) in [4.78, 5) is 0. The highest BCUT2D eigenvalue weighted by Crippen LogP contribution is 2.75. The van der Waals surface area contributed by atoms with Crippen LogP contribution in [0.2, 0.25) is 0 Å². The normalized spacial score (nSPS) is 57.6. The summed E-state index contributed by atoms with van der Waals surface area (Å²) < 4.78 is 12.2. The van der Waals surface area contributed by atoms with Gasteiger partial charge < -0.3 is 45.2 Å². The standard InChI is InChI=1S/C36H60O9/c1-19-26(41)27(42)28(43)30(44-19)45-25-9-10-32(4)23(33(25,5)17-37)8-11-34(6)29(32)22(39)14-20-21-15-31(2,3)12-13-36(21,18-38)24(40)16-35(20,34)7/h14,19,21-30,37-43H,8-13,15-18H2,1-7H3/t19-,21+,22-,23-,24+,25+,26+,27+,28-,29-,30+,32+,33+,34-,35-,36-/m1/s1. The Balaban J connectivity index is 1.35. The first-order chi connectivity index (χ1) is 20.8. The summed E-state index contributed by atoms with van der Waals surface area (Å²) in [5.41, 5.74) is -1.03. The second-order valence-electron chi connectivity index (χ2n) is 18.0. The Bertz CT molecular complexity index is 1180. The molecule has 9 nitrogen and oxygen atoms in total. The molecule has 1 saturated heterocycles. The van der Waals surface area contributed by atoms with E-state index in [-0.39, 0.29) is 52.6 Å². The molecule has 0 aromatic heterocycles. The van der Waals surface area contributed by atoms with Crippen LogP contribution in [0.15, 0.2) is 11.6 Å². The van der Waals surface area contributed by atoms with Crippen LogP contribution in [-0.2, 0) is 9.47 Å². The lowest BCUT2D eigenvalue weighted by Crippen LogP contribution is -2.70. The summed E-state index contributed by atoms with van der Waals surface area (Å²) in [7, 11) is 0. The van der Waals surface area contributed by atoms with Crippen LogP contribution in [0.25, 0.3) is 0 Å². The monoisotopic (exact) mass is 636 g/mol. The number of aliphatic hydroxyl groups is 7.